The number of ether oxygens (including phenoxy) is 3. The predicted octanol–water partition coefficient (Wildman–Crippen LogP) is 2.09. The third-order valence-corrected chi connectivity index (χ3v) is 3.40. The van der Waals surface area contributed by atoms with Crippen molar-refractivity contribution in [3.8, 4) is 17.4 Å². The molecule has 1 aliphatic rings. The number of aromatic nitrogens is 1. The van der Waals surface area contributed by atoms with Crippen LogP contribution in [-0.2, 0) is 6.54 Å². The largest absolute Gasteiger partial charge is 0.480 e. The molecule has 0 N–H and O–H groups in total. The third-order valence-electron chi connectivity index (χ3n) is 3.40. The Morgan fingerprint density at radius 3 is 2.95 bits per heavy atom. The molecule has 3 rings (SSSR count). The topological polar surface area (TPSA) is 60.9 Å². The van der Waals surface area contributed by atoms with Crippen molar-refractivity contribution in [2.75, 3.05) is 21.0 Å². The molecule has 0 spiro atoms. The van der Waals surface area contributed by atoms with Crippen LogP contribution >= 0.6 is 0 Å². The number of hydrogen-bond acceptors (Lipinski definition) is 5. The lowest BCUT2D eigenvalue weighted by Gasteiger charge is -2.18. The first-order chi connectivity index (χ1) is 10.7. The standard InChI is InChI=1S/C16H16N2O4/c1-18(16(19)12-4-3-7-17-15(12)20-2)9-11-5-6-13-14(8-11)22-10-21-13/h3-8H,9-10H2,1-2H3. The van der Waals surface area contributed by atoms with Gasteiger partial charge in [0.25, 0.3) is 5.91 Å². The van der Waals surface area contributed by atoms with Crippen molar-refractivity contribution >= 4 is 5.91 Å². The number of amides is 1. The van der Waals surface area contributed by atoms with Gasteiger partial charge in [-0.3, -0.25) is 4.79 Å². The van der Waals surface area contributed by atoms with Crippen LogP contribution in [0.1, 0.15) is 15.9 Å². The Bertz CT molecular complexity index is 702. The molecule has 0 saturated heterocycles. The van der Waals surface area contributed by atoms with Crippen LogP contribution in [0.3, 0.4) is 0 Å². The fourth-order valence-corrected chi connectivity index (χ4v) is 2.31. The number of nitrogens with zero attached hydrogens (tertiary/aromatic N) is 2. The van der Waals surface area contributed by atoms with E-state index >= 15 is 0 Å². The highest BCUT2D eigenvalue weighted by molar-refractivity contribution is 5.96. The Morgan fingerprint density at radius 2 is 2.14 bits per heavy atom. The molecule has 6 nitrogen and oxygen atoms in total. The molecule has 1 aliphatic heterocycles. The van der Waals surface area contributed by atoms with E-state index in [0.717, 1.165) is 11.3 Å². The van der Waals surface area contributed by atoms with E-state index in [4.69, 9.17) is 14.2 Å². The van der Waals surface area contributed by atoms with E-state index in [1.807, 2.05) is 18.2 Å². The van der Waals surface area contributed by atoms with E-state index in [0.29, 0.717) is 23.7 Å². The molecule has 6 heteroatoms. The van der Waals surface area contributed by atoms with Crippen molar-refractivity contribution in [2.24, 2.45) is 0 Å². The fourth-order valence-electron chi connectivity index (χ4n) is 2.31. The summed E-state index contributed by atoms with van der Waals surface area (Å²) < 4.78 is 15.8. The first kappa shape index (κ1) is 14.2. The maximum atomic E-state index is 12.5. The SMILES string of the molecule is COc1ncccc1C(=O)N(C)Cc1ccc2c(c1)OCO2. The highest BCUT2D eigenvalue weighted by Gasteiger charge is 2.19. The first-order valence-corrected chi connectivity index (χ1v) is 6.82. The van der Waals surface area contributed by atoms with Gasteiger partial charge in [0.1, 0.15) is 5.56 Å². The molecule has 1 aromatic carbocycles. The number of fused-ring (bicyclic) bond motifs is 1. The van der Waals surface area contributed by atoms with Crippen molar-refractivity contribution < 1.29 is 19.0 Å². The number of methoxy groups -OCH3 is 1. The van der Waals surface area contributed by atoms with Gasteiger partial charge in [0.2, 0.25) is 12.7 Å². The minimum Gasteiger partial charge on any atom is -0.480 e. The minimum atomic E-state index is -0.150. The normalized spacial score (nSPS) is 12.1. The van der Waals surface area contributed by atoms with Gasteiger partial charge >= 0.3 is 0 Å². The molecule has 2 aromatic rings. The Morgan fingerprint density at radius 1 is 1.32 bits per heavy atom. The summed E-state index contributed by atoms with van der Waals surface area (Å²) in [5.74, 6) is 1.61. The summed E-state index contributed by atoms with van der Waals surface area (Å²) in [7, 11) is 3.23. The molecule has 1 aromatic heterocycles. The summed E-state index contributed by atoms with van der Waals surface area (Å²) >= 11 is 0. The zero-order valence-electron chi connectivity index (χ0n) is 12.4. The molecule has 0 unspecified atom stereocenters. The fraction of sp³-hybridized carbons (Fsp3) is 0.250. The average molecular weight is 300 g/mol. The smallest absolute Gasteiger partial charge is 0.259 e. The van der Waals surface area contributed by atoms with Crippen molar-refractivity contribution in [3.05, 3.63) is 47.7 Å². The van der Waals surface area contributed by atoms with Gasteiger partial charge in [0.15, 0.2) is 11.5 Å². The van der Waals surface area contributed by atoms with Gasteiger partial charge in [-0.25, -0.2) is 4.98 Å². The lowest BCUT2D eigenvalue weighted by atomic mass is 10.1. The second-order valence-electron chi connectivity index (χ2n) is 4.91. The van der Waals surface area contributed by atoms with Gasteiger partial charge in [-0.05, 0) is 29.8 Å². The van der Waals surface area contributed by atoms with E-state index in [2.05, 4.69) is 4.98 Å². The molecule has 114 valence electrons. The monoisotopic (exact) mass is 300 g/mol. The molecular formula is C16H16N2O4. The van der Waals surface area contributed by atoms with Crippen molar-refractivity contribution in [1.29, 1.82) is 0 Å². The number of carbonyl (C=O) groups is 1. The number of pyridine rings is 1. The van der Waals surface area contributed by atoms with Crippen LogP contribution in [0.5, 0.6) is 17.4 Å². The lowest BCUT2D eigenvalue weighted by molar-refractivity contribution is 0.0780. The molecule has 2 heterocycles. The third kappa shape index (κ3) is 2.67. The van der Waals surface area contributed by atoms with Gasteiger partial charge in [-0.1, -0.05) is 6.07 Å². The van der Waals surface area contributed by atoms with E-state index in [1.54, 1.807) is 30.3 Å². The molecule has 0 fully saturated rings. The summed E-state index contributed by atoms with van der Waals surface area (Å²) in [6.07, 6.45) is 1.59. The molecule has 0 saturated carbocycles. The number of hydrogen-bond donors (Lipinski definition) is 0. The summed E-state index contributed by atoms with van der Waals surface area (Å²) in [5, 5.41) is 0. The Kier molecular flexibility index (Phi) is 3.82. The summed E-state index contributed by atoms with van der Waals surface area (Å²) in [6.45, 7) is 0.688. The van der Waals surface area contributed by atoms with E-state index < -0.39 is 0 Å². The zero-order valence-corrected chi connectivity index (χ0v) is 12.4. The van der Waals surface area contributed by atoms with Gasteiger partial charge in [-0.2, -0.15) is 0 Å². The summed E-state index contributed by atoms with van der Waals surface area (Å²) in [6, 6.07) is 9.06. The lowest BCUT2D eigenvalue weighted by Crippen LogP contribution is -2.26. The maximum Gasteiger partial charge on any atom is 0.259 e. The van der Waals surface area contributed by atoms with Crippen LogP contribution in [0, 0.1) is 0 Å². The minimum absolute atomic E-state index is 0.150. The summed E-state index contributed by atoms with van der Waals surface area (Å²) in [4.78, 5) is 18.2. The van der Waals surface area contributed by atoms with Crippen LogP contribution in [0.25, 0.3) is 0 Å². The Hall–Kier alpha value is -2.76. The zero-order chi connectivity index (χ0) is 15.5. The van der Waals surface area contributed by atoms with Gasteiger partial charge in [0.05, 0.1) is 7.11 Å². The first-order valence-electron chi connectivity index (χ1n) is 6.82. The molecule has 0 atom stereocenters. The van der Waals surface area contributed by atoms with Gasteiger partial charge in [-0.15, -0.1) is 0 Å². The Labute approximate surface area is 128 Å². The summed E-state index contributed by atoms with van der Waals surface area (Å²) in [5.41, 5.74) is 1.40. The molecule has 0 radical (unpaired) electrons. The van der Waals surface area contributed by atoms with E-state index in [9.17, 15) is 4.79 Å². The maximum absolute atomic E-state index is 12.5. The number of carbonyl (C=O) groups excluding carboxylic acids is 1. The van der Waals surface area contributed by atoms with Crippen LogP contribution in [0.2, 0.25) is 0 Å². The van der Waals surface area contributed by atoms with Crippen molar-refractivity contribution in [2.45, 2.75) is 6.54 Å². The number of benzene rings is 1. The average Bonchev–Trinajstić information content (AvgIpc) is 3.01. The van der Waals surface area contributed by atoms with Crippen molar-refractivity contribution in [3.63, 3.8) is 0 Å². The molecule has 0 bridgehead atoms. The molecular weight excluding hydrogens is 284 g/mol. The molecule has 0 aliphatic carbocycles. The highest BCUT2D eigenvalue weighted by Crippen LogP contribution is 2.32. The van der Waals surface area contributed by atoms with E-state index in [1.165, 1.54) is 7.11 Å². The second-order valence-corrected chi connectivity index (χ2v) is 4.91. The molecule has 1 amide bonds. The van der Waals surface area contributed by atoms with Crippen LogP contribution in [0.15, 0.2) is 36.5 Å². The number of rotatable bonds is 4. The van der Waals surface area contributed by atoms with Crippen LogP contribution in [0.4, 0.5) is 0 Å². The van der Waals surface area contributed by atoms with Gasteiger partial charge in [0, 0.05) is 19.8 Å². The molecule has 22 heavy (non-hydrogen) atoms. The van der Waals surface area contributed by atoms with Gasteiger partial charge < -0.3 is 19.1 Å². The predicted molar refractivity (Wildman–Crippen MR) is 79.2 cm³/mol. The Balaban J connectivity index is 1.76. The highest BCUT2D eigenvalue weighted by atomic mass is 16.7. The van der Waals surface area contributed by atoms with Crippen LogP contribution in [-0.4, -0.2) is 36.7 Å². The second kappa shape index (κ2) is 5.93. The van der Waals surface area contributed by atoms with Crippen LogP contribution < -0.4 is 14.2 Å². The van der Waals surface area contributed by atoms with Crippen molar-refractivity contribution in [1.82, 2.24) is 9.88 Å². The quantitative estimate of drug-likeness (QED) is 0.865. The van der Waals surface area contributed by atoms with E-state index in [-0.39, 0.29) is 12.7 Å².